The Labute approximate surface area is 90.1 Å². The molecule has 0 aliphatic rings. The summed E-state index contributed by atoms with van der Waals surface area (Å²) in [4.78, 5) is 0. The summed E-state index contributed by atoms with van der Waals surface area (Å²) in [5, 5.41) is 0. The second-order valence-corrected chi connectivity index (χ2v) is 4.64. The molecular formula is C14H26. The molecule has 0 spiro atoms. The lowest BCUT2D eigenvalue weighted by Gasteiger charge is -2.17. The van der Waals surface area contributed by atoms with Gasteiger partial charge in [-0.1, -0.05) is 57.9 Å². The maximum atomic E-state index is 3.85. The highest BCUT2D eigenvalue weighted by Crippen LogP contribution is 2.24. The number of rotatable bonds is 6. The zero-order valence-corrected chi connectivity index (χ0v) is 10.6. The first-order valence-electron chi connectivity index (χ1n) is 5.84. The van der Waals surface area contributed by atoms with Crippen LogP contribution in [0.25, 0.3) is 0 Å². The predicted molar refractivity (Wildman–Crippen MR) is 66.4 cm³/mol. The molecule has 0 bridgehead atoms. The topological polar surface area (TPSA) is 0 Å². The van der Waals surface area contributed by atoms with E-state index in [0.717, 1.165) is 18.3 Å². The van der Waals surface area contributed by atoms with Crippen molar-refractivity contribution in [2.24, 2.45) is 11.8 Å². The summed E-state index contributed by atoms with van der Waals surface area (Å²) >= 11 is 0. The number of hydrogen-bond acceptors (Lipinski definition) is 0. The van der Waals surface area contributed by atoms with E-state index in [9.17, 15) is 0 Å². The Morgan fingerprint density at radius 1 is 1.21 bits per heavy atom. The molecule has 0 saturated carbocycles. The number of allylic oxidation sites excluding steroid dienone is 3. The van der Waals surface area contributed by atoms with Crippen molar-refractivity contribution < 1.29 is 0 Å². The molecule has 0 aromatic carbocycles. The van der Waals surface area contributed by atoms with Gasteiger partial charge in [-0.15, -0.1) is 0 Å². The van der Waals surface area contributed by atoms with E-state index in [1.54, 1.807) is 5.57 Å². The standard InChI is InChI=1S/C14H26/c1-7-12(5)14(8-2)13(6)10-9-11(3)4/h7,11,13H,1,8-10H2,2-6H3/b14-12-. The summed E-state index contributed by atoms with van der Waals surface area (Å²) < 4.78 is 0. The molecule has 0 N–H and O–H groups in total. The van der Waals surface area contributed by atoms with E-state index in [-0.39, 0.29) is 0 Å². The Balaban J connectivity index is 4.32. The van der Waals surface area contributed by atoms with Crippen molar-refractivity contribution in [2.75, 3.05) is 0 Å². The monoisotopic (exact) mass is 194 g/mol. The summed E-state index contributed by atoms with van der Waals surface area (Å²) in [7, 11) is 0. The van der Waals surface area contributed by atoms with E-state index in [2.05, 4.69) is 41.2 Å². The zero-order valence-electron chi connectivity index (χ0n) is 10.6. The Hall–Kier alpha value is -0.520. The average molecular weight is 194 g/mol. The summed E-state index contributed by atoms with van der Waals surface area (Å²) in [6, 6.07) is 0. The highest BCUT2D eigenvalue weighted by Gasteiger charge is 2.09. The van der Waals surface area contributed by atoms with Crippen LogP contribution in [0.3, 0.4) is 0 Å². The van der Waals surface area contributed by atoms with Crippen LogP contribution in [0.5, 0.6) is 0 Å². The summed E-state index contributed by atoms with van der Waals surface area (Å²) in [5.74, 6) is 1.54. The van der Waals surface area contributed by atoms with Crippen LogP contribution in [0.1, 0.15) is 53.9 Å². The second kappa shape index (κ2) is 6.86. The van der Waals surface area contributed by atoms with E-state index < -0.39 is 0 Å². The summed E-state index contributed by atoms with van der Waals surface area (Å²) in [6.07, 6.45) is 5.79. The molecule has 82 valence electrons. The molecule has 0 heteroatoms. The Morgan fingerprint density at radius 2 is 1.79 bits per heavy atom. The van der Waals surface area contributed by atoms with Gasteiger partial charge in [-0.05, 0) is 31.6 Å². The van der Waals surface area contributed by atoms with Gasteiger partial charge >= 0.3 is 0 Å². The van der Waals surface area contributed by atoms with Crippen LogP contribution in [0, 0.1) is 11.8 Å². The van der Waals surface area contributed by atoms with Gasteiger partial charge < -0.3 is 0 Å². The minimum absolute atomic E-state index is 0.723. The highest BCUT2D eigenvalue weighted by atomic mass is 14.1. The Bertz CT molecular complexity index is 196. The first-order chi connectivity index (χ1) is 6.52. The van der Waals surface area contributed by atoms with Gasteiger partial charge in [-0.3, -0.25) is 0 Å². The van der Waals surface area contributed by atoms with Gasteiger partial charge in [0.25, 0.3) is 0 Å². The summed E-state index contributed by atoms with van der Waals surface area (Å²) in [6.45, 7) is 15.2. The fraction of sp³-hybridized carbons (Fsp3) is 0.714. The molecule has 0 radical (unpaired) electrons. The quantitative estimate of drug-likeness (QED) is 0.524. The van der Waals surface area contributed by atoms with Gasteiger partial charge in [0, 0.05) is 0 Å². The van der Waals surface area contributed by atoms with E-state index in [1.807, 2.05) is 6.08 Å². The van der Waals surface area contributed by atoms with Crippen molar-refractivity contribution >= 4 is 0 Å². The summed E-state index contributed by atoms with van der Waals surface area (Å²) in [5.41, 5.74) is 2.96. The molecule has 0 amide bonds. The Morgan fingerprint density at radius 3 is 2.14 bits per heavy atom. The van der Waals surface area contributed by atoms with Gasteiger partial charge in [-0.25, -0.2) is 0 Å². The molecule has 0 aliphatic heterocycles. The third-order valence-electron chi connectivity index (χ3n) is 2.97. The molecule has 0 rings (SSSR count). The van der Waals surface area contributed by atoms with Gasteiger partial charge in [0.15, 0.2) is 0 Å². The van der Waals surface area contributed by atoms with Gasteiger partial charge in [0.05, 0.1) is 0 Å². The van der Waals surface area contributed by atoms with Crippen LogP contribution in [0.2, 0.25) is 0 Å². The molecule has 0 heterocycles. The van der Waals surface area contributed by atoms with Crippen LogP contribution >= 0.6 is 0 Å². The Kier molecular flexibility index (Phi) is 6.61. The van der Waals surface area contributed by atoms with E-state index in [1.165, 1.54) is 18.4 Å². The second-order valence-electron chi connectivity index (χ2n) is 4.64. The van der Waals surface area contributed by atoms with Crippen LogP contribution < -0.4 is 0 Å². The molecule has 0 aliphatic carbocycles. The van der Waals surface area contributed by atoms with Crippen molar-refractivity contribution in [3.05, 3.63) is 23.8 Å². The fourth-order valence-electron chi connectivity index (χ4n) is 1.90. The largest absolute Gasteiger partial charge is 0.0988 e. The smallest absolute Gasteiger partial charge is 0.0226 e. The maximum absolute atomic E-state index is 3.85. The fourth-order valence-corrected chi connectivity index (χ4v) is 1.90. The third-order valence-corrected chi connectivity index (χ3v) is 2.97. The molecule has 1 atom stereocenters. The first kappa shape index (κ1) is 13.5. The van der Waals surface area contributed by atoms with E-state index >= 15 is 0 Å². The number of hydrogen-bond donors (Lipinski definition) is 0. The van der Waals surface area contributed by atoms with Crippen molar-refractivity contribution in [3.8, 4) is 0 Å². The lowest BCUT2D eigenvalue weighted by Crippen LogP contribution is -2.03. The predicted octanol–water partition coefficient (Wildman–Crippen LogP) is 4.97. The third kappa shape index (κ3) is 4.64. The van der Waals surface area contributed by atoms with E-state index in [4.69, 9.17) is 0 Å². The van der Waals surface area contributed by atoms with Crippen LogP contribution in [-0.4, -0.2) is 0 Å². The van der Waals surface area contributed by atoms with Crippen molar-refractivity contribution in [3.63, 3.8) is 0 Å². The molecule has 0 nitrogen and oxygen atoms in total. The van der Waals surface area contributed by atoms with Gasteiger partial charge in [0.2, 0.25) is 0 Å². The van der Waals surface area contributed by atoms with Gasteiger partial charge in [-0.2, -0.15) is 0 Å². The molecular weight excluding hydrogens is 168 g/mol. The maximum Gasteiger partial charge on any atom is -0.0226 e. The molecule has 14 heavy (non-hydrogen) atoms. The average Bonchev–Trinajstić information content (AvgIpc) is 2.15. The SMILES string of the molecule is C=C/C(C)=C(/CC)C(C)CCC(C)C. The van der Waals surface area contributed by atoms with Crippen molar-refractivity contribution in [1.29, 1.82) is 0 Å². The minimum Gasteiger partial charge on any atom is -0.0988 e. The van der Waals surface area contributed by atoms with Crippen LogP contribution in [-0.2, 0) is 0 Å². The molecule has 0 fully saturated rings. The lowest BCUT2D eigenvalue weighted by molar-refractivity contribution is 0.482. The normalized spacial score (nSPS) is 15.3. The first-order valence-corrected chi connectivity index (χ1v) is 5.84. The van der Waals surface area contributed by atoms with Crippen LogP contribution in [0.4, 0.5) is 0 Å². The van der Waals surface area contributed by atoms with Crippen molar-refractivity contribution in [2.45, 2.75) is 53.9 Å². The van der Waals surface area contributed by atoms with Crippen LogP contribution in [0.15, 0.2) is 23.8 Å². The highest BCUT2D eigenvalue weighted by molar-refractivity contribution is 5.23. The molecule has 0 aromatic rings. The zero-order chi connectivity index (χ0) is 11.1. The van der Waals surface area contributed by atoms with Gasteiger partial charge in [0.1, 0.15) is 0 Å². The van der Waals surface area contributed by atoms with E-state index in [0.29, 0.717) is 0 Å². The lowest BCUT2D eigenvalue weighted by atomic mass is 9.88. The minimum atomic E-state index is 0.723. The molecule has 1 unspecified atom stereocenters. The van der Waals surface area contributed by atoms with Crippen molar-refractivity contribution in [1.82, 2.24) is 0 Å². The molecule has 0 saturated heterocycles. The molecule has 0 aromatic heterocycles.